The Kier molecular flexibility index (Phi) is 4.87. The average molecular weight is 379 g/mol. The fourth-order valence-corrected chi connectivity index (χ4v) is 2.54. The molecule has 2 heterocycles. The molecule has 128 valence electrons. The number of benzene rings is 1. The summed E-state index contributed by atoms with van der Waals surface area (Å²) in [5, 5.41) is 10.3. The van der Waals surface area contributed by atoms with E-state index in [-0.39, 0.29) is 16.5 Å². The van der Waals surface area contributed by atoms with Crippen LogP contribution in [0.25, 0.3) is 10.9 Å². The van der Waals surface area contributed by atoms with Crippen molar-refractivity contribution in [3.63, 3.8) is 0 Å². The Balaban J connectivity index is 1.69. The van der Waals surface area contributed by atoms with E-state index in [1.54, 1.807) is 18.2 Å². The van der Waals surface area contributed by atoms with Crippen LogP contribution >= 0.6 is 23.2 Å². The van der Waals surface area contributed by atoms with Crippen molar-refractivity contribution in [1.29, 1.82) is 0 Å². The van der Waals surface area contributed by atoms with Gasteiger partial charge in [-0.2, -0.15) is 5.10 Å². The smallest absolute Gasteiger partial charge is 0.360 e. The van der Waals surface area contributed by atoms with Crippen LogP contribution in [0.2, 0.25) is 10.0 Å². The Morgan fingerprint density at radius 3 is 2.80 bits per heavy atom. The van der Waals surface area contributed by atoms with E-state index in [1.165, 1.54) is 19.2 Å². The van der Waals surface area contributed by atoms with Crippen LogP contribution in [0, 0.1) is 0 Å². The van der Waals surface area contributed by atoms with E-state index < -0.39 is 18.0 Å². The molecule has 0 radical (unpaired) electrons. The lowest BCUT2D eigenvalue weighted by Gasteiger charge is -2.13. The van der Waals surface area contributed by atoms with Crippen LogP contribution in [0.1, 0.15) is 17.4 Å². The number of rotatable bonds is 4. The number of amides is 1. The van der Waals surface area contributed by atoms with Gasteiger partial charge in [0.1, 0.15) is 0 Å². The summed E-state index contributed by atoms with van der Waals surface area (Å²) in [4.78, 5) is 28.3. The minimum atomic E-state index is -1.07. The molecule has 3 aromatic rings. The van der Waals surface area contributed by atoms with Gasteiger partial charge in [-0.25, -0.2) is 9.78 Å². The molecule has 25 heavy (non-hydrogen) atoms. The second-order valence-electron chi connectivity index (χ2n) is 5.14. The highest BCUT2D eigenvalue weighted by molar-refractivity contribution is 6.36. The highest BCUT2D eigenvalue weighted by Gasteiger charge is 2.23. The van der Waals surface area contributed by atoms with Gasteiger partial charge in [0.25, 0.3) is 5.91 Å². The number of halogens is 2. The Morgan fingerprint density at radius 2 is 2.04 bits per heavy atom. The van der Waals surface area contributed by atoms with Crippen LogP contribution in [0.4, 0.5) is 5.82 Å². The van der Waals surface area contributed by atoms with Crippen molar-refractivity contribution in [2.24, 2.45) is 0 Å². The van der Waals surface area contributed by atoms with Gasteiger partial charge in [0.15, 0.2) is 17.6 Å². The number of nitrogens with one attached hydrogen (secondary N) is 2. The van der Waals surface area contributed by atoms with Crippen LogP contribution < -0.4 is 5.32 Å². The number of hydrogen-bond acceptors (Lipinski definition) is 5. The lowest BCUT2D eigenvalue weighted by Crippen LogP contribution is -2.30. The number of esters is 1. The second kappa shape index (κ2) is 7.08. The average Bonchev–Trinajstić information content (AvgIpc) is 3.01. The first-order chi connectivity index (χ1) is 12.0. The van der Waals surface area contributed by atoms with E-state index >= 15 is 0 Å². The van der Waals surface area contributed by atoms with Gasteiger partial charge in [0.2, 0.25) is 0 Å². The number of aromatic nitrogens is 3. The minimum absolute atomic E-state index is 0.109. The monoisotopic (exact) mass is 378 g/mol. The Bertz CT molecular complexity index is 957. The normalized spacial score (nSPS) is 12.0. The van der Waals surface area contributed by atoms with Gasteiger partial charge < -0.3 is 10.1 Å². The van der Waals surface area contributed by atoms with Gasteiger partial charge in [-0.15, -0.1) is 0 Å². The highest BCUT2D eigenvalue weighted by atomic mass is 35.5. The Labute approximate surface area is 152 Å². The fourth-order valence-electron chi connectivity index (χ4n) is 2.11. The number of nitrogens with zero attached hydrogens (tertiary/aromatic N) is 2. The molecular formula is C16H12Cl2N4O3. The number of H-pyrrole nitrogens is 1. The molecule has 3 rings (SSSR count). The van der Waals surface area contributed by atoms with Crippen molar-refractivity contribution in [2.45, 2.75) is 13.0 Å². The first-order valence-corrected chi connectivity index (χ1v) is 7.97. The summed E-state index contributed by atoms with van der Waals surface area (Å²) in [5.41, 5.74) is 0.807. The van der Waals surface area contributed by atoms with Crippen molar-refractivity contribution in [2.75, 3.05) is 5.32 Å². The molecule has 1 amide bonds. The standard InChI is InChI=1S/C16H12Cl2N4O3/c1-8(15(23)20-14-11(18)6-9(17)7-19-14)25-16(24)13-10-4-2-3-5-12(10)21-22-13/h2-8H,1H3,(H,21,22)(H,19,20,23)/t8-/m0/s1. The third-order valence-corrected chi connectivity index (χ3v) is 3.86. The largest absolute Gasteiger partial charge is 0.448 e. The fraction of sp³-hybridized carbons (Fsp3) is 0.125. The molecule has 0 fully saturated rings. The van der Waals surface area contributed by atoms with E-state index in [4.69, 9.17) is 27.9 Å². The van der Waals surface area contributed by atoms with E-state index in [0.29, 0.717) is 15.9 Å². The second-order valence-corrected chi connectivity index (χ2v) is 5.98. The topological polar surface area (TPSA) is 97.0 Å². The quantitative estimate of drug-likeness (QED) is 0.677. The maximum Gasteiger partial charge on any atom is 0.360 e. The summed E-state index contributed by atoms with van der Waals surface area (Å²) < 4.78 is 5.17. The number of pyridine rings is 1. The third-order valence-electron chi connectivity index (χ3n) is 3.37. The molecule has 0 bridgehead atoms. The molecule has 7 nitrogen and oxygen atoms in total. The number of carbonyl (C=O) groups excluding carboxylic acids is 2. The molecule has 0 saturated heterocycles. The van der Waals surface area contributed by atoms with Crippen LogP contribution in [-0.4, -0.2) is 33.2 Å². The summed E-state index contributed by atoms with van der Waals surface area (Å²) in [5.74, 6) is -1.16. The lowest BCUT2D eigenvalue weighted by atomic mass is 10.2. The Hall–Kier alpha value is -2.64. The molecule has 2 N–H and O–H groups in total. The van der Waals surface area contributed by atoms with Crippen molar-refractivity contribution < 1.29 is 14.3 Å². The maximum atomic E-state index is 12.3. The van der Waals surface area contributed by atoms with Crippen molar-refractivity contribution >= 4 is 51.8 Å². The van der Waals surface area contributed by atoms with Crippen molar-refractivity contribution in [1.82, 2.24) is 15.2 Å². The number of ether oxygens (including phenoxy) is 1. The number of para-hydroxylation sites is 1. The summed E-state index contributed by atoms with van der Waals surface area (Å²) >= 11 is 11.7. The molecule has 0 saturated carbocycles. The Morgan fingerprint density at radius 1 is 1.28 bits per heavy atom. The molecule has 0 unspecified atom stereocenters. The third kappa shape index (κ3) is 3.72. The van der Waals surface area contributed by atoms with E-state index in [0.717, 1.165) is 0 Å². The van der Waals surface area contributed by atoms with Crippen molar-refractivity contribution in [3.8, 4) is 0 Å². The molecule has 2 aromatic heterocycles. The van der Waals surface area contributed by atoms with Crippen LogP contribution in [-0.2, 0) is 9.53 Å². The molecule has 1 atom stereocenters. The molecule has 0 aliphatic heterocycles. The van der Waals surface area contributed by atoms with Crippen LogP contribution in [0.15, 0.2) is 36.5 Å². The van der Waals surface area contributed by atoms with Crippen LogP contribution in [0.3, 0.4) is 0 Å². The van der Waals surface area contributed by atoms with Crippen LogP contribution in [0.5, 0.6) is 0 Å². The van der Waals surface area contributed by atoms with E-state index in [2.05, 4.69) is 20.5 Å². The summed E-state index contributed by atoms with van der Waals surface area (Å²) in [7, 11) is 0. The van der Waals surface area contributed by atoms with Gasteiger partial charge in [-0.3, -0.25) is 9.89 Å². The van der Waals surface area contributed by atoms with E-state index in [9.17, 15) is 9.59 Å². The van der Waals surface area contributed by atoms with Gasteiger partial charge in [-0.05, 0) is 19.1 Å². The number of anilines is 1. The van der Waals surface area contributed by atoms with Gasteiger partial charge in [0, 0.05) is 11.6 Å². The molecule has 0 spiro atoms. The number of carbonyl (C=O) groups is 2. The summed E-state index contributed by atoms with van der Waals surface area (Å²) in [6, 6.07) is 8.55. The molecule has 0 aliphatic carbocycles. The minimum Gasteiger partial charge on any atom is -0.448 e. The van der Waals surface area contributed by atoms with Gasteiger partial charge in [0.05, 0.1) is 15.6 Å². The van der Waals surface area contributed by atoms with Gasteiger partial charge in [-0.1, -0.05) is 41.4 Å². The molecule has 9 heteroatoms. The van der Waals surface area contributed by atoms with Crippen molar-refractivity contribution in [3.05, 3.63) is 52.3 Å². The SMILES string of the molecule is C[C@H](OC(=O)c1n[nH]c2ccccc12)C(=O)Nc1ncc(Cl)cc1Cl. The first kappa shape index (κ1) is 17.2. The summed E-state index contributed by atoms with van der Waals surface area (Å²) in [6.45, 7) is 1.44. The lowest BCUT2D eigenvalue weighted by molar-refractivity contribution is -0.123. The molecule has 1 aromatic carbocycles. The number of aromatic amines is 1. The first-order valence-electron chi connectivity index (χ1n) is 7.21. The predicted octanol–water partition coefficient (Wildman–Crippen LogP) is 3.45. The summed E-state index contributed by atoms with van der Waals surface area (Å²) in [6.07, 6.45) is 0.270. The molecular weight excluding hydrogens is 367 g/mol. The zero-order valence-electron chi connectivity index (χ0n) is 12.9. The number of hydrogen-bond donors (Lipinski definition) is 2. The van der Waals surface area contributed by atoms with Gasteiger partial charge >= 0.3 is 5.97 Å². The zero-order valence-corrected chi connectivity index (χ0v) is 14.4. The highest BCUT2D eigenvalue weighted by Crippen LogP contribution is 2.23. The zero-order chi connectivity index (χ0) is 18.0. The predicted molar refractivity (Wildman–Crippen MR) is 93.9 cm³/mol. The maximum absolute atomic E-state index is 12.3. The number of fused-ring (bicyclic) bond motifs is 1. The van der Waals surface area contributed by atoms with E-state index in [1.807, 2.05) is 6.07 Å². The molecule has 0 aliphatic rings.